The van der Waals surface area contributed by atoms with Gasteiger partial charge in [0.05, 0.1) is 11.3 Å². The summed E-state index contributed by atoms with van der Waals surface area (Å²) in [6, 6.07) is 22.8. The van der Waals surface area contributed by atoms with Crippen molar-refractivity contribution in [1.29, 1.82) is 0 Å². The predicted octanol–water partition coefficient (Wildman–Crippen LogP) is 5.76. The molecule has 2 N–H and O–H groups in total. The predicted molar refractivity (Wildman–Crippen MR) is 112 cm³/mol. The van der Waals surface area contributed by atoms with Crippen molar-refractivity contribution in [1.82, 2.24) is 9.97 Å². The van der Waals surface area contributed by atoms with E-state index < -0.39 is 5.60 Å². The van der Waals surface area contributed by atoms with Crippen molar-refractivity contribution in [3.05, 3.63) is 78.5 Å². The van der Waals surface area contributed by atoms with Crippen LogP contribution in [0.15, 0.2) is 72.9 Å². The van der Waals surface area contributed by atoms with Crippen molar-refractivity contribution in [2.75, 3.05) is 0 Å². The Morgan fingerprint density at radius 1 is 0.815 bits per heavy atom. The van der Waals surface area contributed by atoms with E-state index >= 15 is 0 Å². The first kappa shape index (κ1) is 16.0. The summed E-state index contributed by atoms with van der Waals surface area (Å²) >= 11 is 0. The third-order valence-corrected chi connectivity index (χ3v) is 5.23. The fourth-order valence-electron chi connectivity index (χ4n) is 4.03. The van der Waals surface area contributed by atoms with Gasteiger partial charge in [-0.1, -0.05) is 48.5 Å². The lowest BCUT2D eigenvalue weighted by Gasteiger charge is -2.21. The van der Waals surface area contributed by atoms with Crippen molar-refractivity contribution in [3.8, 4) is 11.3 Å². The van der Waals surface area contributed by atoms with Gasteiger partial charge in [-0.25, -0.2) is 0 Å². The number of hydrogen-bond donors (Lipinski definition) is 2. The van der Waals surface area contributed by atoms with Crippen molar-refractivity contribution in [2.45, 2.75) is 19.4 Å². The summed E-state index contributed by atoms with van der Waals surface area (Å²) in [5, 5.41) is 15.5. The first-order valence-corrected chi connectivity index (χ1v) is 9.14. The maximum absolute atomic E-state index is 10.7. The molecule has 2 heterocycles. The molecular weight excluding hydrogens is 332 g/mol. The van der Waals surface area contributed by atoms with Crippen molar-refractivity contribution in [2.24, 2.45) is 0 Å². The SMILES string of the molecule is CC(C)(O)c1cccnc1-c1cc2[nH]c3ccccc3c2c2ccccc12. The van der Waals surface area contributed by atoms with E-state index in [0.717, 1.165) is 33.2 Å². The number of benzene rings is 3. The van der Waals surface area contributed by atoms with Crippen LogP contribution in [0.5, 0.6) is 0 Å². The molecule has 0 aliphatic carbocycles. The van der Waals surface area contributed by atoms with Crippen LogP contribution in [-0.4, -0.2) is 15.1 Å². The molecule has 0 atom stereocenters. The minimum absolute atomic E-state index is 0.821. The van der Waals surface area contributed by atoms with Crippen LogP contribution in [0.4, 0.5) is 0 Å². The van der Waals surface area contributed by atoms with E-state index in [-0.39, 0.29) is 0 Å². The smallest absolute Gasteiger partial charge is 0.0861 e. The highest BCUT2D eigenvalue weighted by Crippen LogP contribution is 2.40. The highest BCUT2D eigenvalue weighted by Gasteiger charge is 2.23. The minimum atomic E-state index is -0.972. The van der Waals surface area contributed by atoms with Gasteiger partial charge in [0.2, 0.25) is 0 Å². The summed E-state index contributed by atoms with van der Waals surface area (Å²) in [5.41, 5.74) is 3.91. The van der Waals surface area contributed by atoms with Gasteiger partial charge in [0.15, 0.2) is 0 Å². The van der Waals surface area contributed by atoms with Crippen molar-refractivity contribution >= 4 is 32.6 Å². The average molecular weight is 352 g/mol. The van der Waals surface area contributed by atoms with E-state index in [2.05, 4.69) is 58.5 Å². The number of nitrogens with zero attached hydrogens (tertiary/aromatic N) is 1. The second-order valence-corrected chi connectivity index (χ2v) is 7.52. The van der Waals surface area contributed by atoms with E-state index in [1.165, 1.54) is 16.2 Å². The number of para-hydroxylation sites is 1. The lowest BCUT2D eigenvalue weighted by atomic mass is 9.90. The molecule has 3 nitrogen and oxygen atoms in total. The number of rotatable bonds is 2. The minimum Gasteiger partial charge on any atom is -0.386 e. The van der Waals surface area contributed by atoms with E-state index in [1.807, 2.05) is 18.2 Å². The zero-order valence-corrected chi connectivity index (χ0v) is 15.3. The zero-order valence-electron chi connectivity index (χ0n) is 15.3. The largest absolute Gasteiger partial charge is 0.386 e. The van der Waals surface area contributed by atoms with Gasteiger partial charge in [-0.15, -0.1) is 0 Å². The molecule has 3 aromatic carbocycles. The summed E-state index contributed by atoms with van der Waals surface area (Å²) in [6.07, 6.45) is 1.79. The molecule has 27 heavy (non-hydrogen) atoms. The monoisotopic (exact) mass is 352 g/mol. The molecule has 0 unspecified atom stereocenters. The topological polar surface area (TPSA) is 48.9 Å². The van der Waals surface area contributed by atoms with Crippen LogP contribution in [0.25, 0.3) is 43.8 Å². The van der Waals surface area contributed by atoms with Gasteiger partial charge in [-0.05, 0) is 42.8 Å². The number of H-pyrrole nitrogens is 1. The number of aromatic amines is 1. The summed E-state index contributed by atoms with van der Waals surface area (Å²) < 4.78 is 0. The molecule has 0 amide bonds. The summed E-state index contributed by atoms with van der Waals surface area (Å²) in [5.74, 6) is 0. The molecular formula is C24H20N2O. The molecule has 0 saturated carbocycles. The summed E-state index contributed by atoms with van der Waals surface area (Å²) in [4.78, 5) is 8.20. The quantitative estimate of drug-likeness (QED) is 0.424. The molecule has 0 saturated heterocycles. The van der Waals surface area contributed by atoms with Gasteiger partial charge in [0, 0.05) is 39.1 Å². The molecule has 0 aliphatic rings. The normalized spacial score (nSPS) is 12.3. The highest BCUT2D eigenvalue weighted by atomic mass is 16.3. The van der Waals surface area contributed by atoms with Gasteiger partial charge in [0.1, 0.15) is 0 Å². The van der Waals surface area contributed by atoms with Crippen molar-refractivity contribution < 1.29 is 5.11 Å². The summed E-state index contributed by atoms with van der Waals surface area (Å²) in [6.45, 7) is 3.61. The molecule has 132 valence electrons. The molecule has 0 fully saturated rings. The van der Waals surface area contributed by atoms with E-state index in [1.54, 1.807) is 20.0 Å². The lowest BCUT2D eigenvalue weighted by molar-refractivity contribution is 0.0789. The van der Waals surface area contributed by atoms with Gasteiger partial charge >= 0.3 is 0 Å². The molecule has 0 bridgehead atoms. The Kier molecular flexibility index (Phi) is 3.36. The Hall–Kier alpha value is -3.17. The van der Waals surface area contributed by atoms with Crippen molar-refractivity contribution in [3.63, 3.8) is 0 Å². The van der Waals surface area contributed by atoms with Crippen LogP contribution in [0.2, 0.25) is 0 Å². The van der Waals surface area contributed by atoms with E-state index in [0.29, 0.717) is 0 Å². The lowest BCUT2D eigenvalue weighted by Crippen LogP contribution is -2.17. The molecule has 0 radical (unpaired) electrons. The van der Waals surface area contributed by atoms with Crippen LogP contribution in [0, 0.1) is 0 Å². The van der Waals surface area contributed by atoms with Crippen LogP contribution >= 0.6 is 0 Å². The fraction of sp³-hybridized carbons (Fsp3) is 0.125. The standard InChI is InChI=1S/C24H20N2O/c1-24(2,27)19-11-7-13-25-23(19)18-14-21-22(16-9-4-3-8-15(16)18)17-10-5-6-12-20(17)26-21/h3-14,26-27H,1-2H3. The van der Waals surface area contributed by atoms with E-state index in [9.17, 15) is 5.11 Å². The Morgan fingerprint density at radius 2 is 1.52 bits per heavy atom. The molecule has 5 rings (SSSR count). The molecule has 5 aromatic rings. The Balaban J connectivity index is 1.96. The Bertz CT molecular complexity index is 1310. The number of hydrogen-bond acceptors (Lipinski definition) is 2. The van der Waals surface area contributed by atoms with Crippen LogP contribution in [-0.2, 0) is 5.60 Å². The van der Waals surface area contributed by atoms with Crippen LogP contribution in [0.3, 0.4) is 0 Å². The third kappa shape index (κ3) is 2.43. The first-order chi connectivity index (χ1) is 13.0. The maximum Gasteiger partial charge on any atom is 0.0861 e. The van der Waals surface area contributed by atoms with Gasteiger partial charge in [-0.3, -0.25) is 4.98 Å². The number of nitrogens with one attached hydrogen (secondary N) is 1. The third-order valence-electron chi connectivity index (χ3n) is 5.23. The molecule has 3 heteroatoms. The van der Waals surface area contributed by atoms with E-state index in [4.69, 9.17) is 0 Å². The zero-order chi connectivity index (χ0) is 18.6. The Labute approximate surface area is 157 Å². The maximum atomic E-state index is 10.7. The Morgan fingerprint density at radius 3 is 2.30 bits per heavy atom. The number of fused-ring (bicyclic) bond motifs is 5. The second kappa shape index (κ2) is 5.66. The second-order valence-electron chi connectivity index (χ2n) is 7.52. The van der Waals surface area contributed by atoms with Crippen LogP contribution < -0.4 is 0 Å². The molecule has 0 aliphatic heterocycles. The number of pyridine rings is 1. The highest BCUT2D eigenvalue weighted by molar-refractivity contribution is 6.23. The number of aliphatic hydroxyl groups is 1. The van der Waals surface area contributed by atoms with Gasteiger partial charge in [0.25, 0.3) is 0 Å². The van der Waals surface area contributed by atoms with Crippen LogP contribution in [0.1, 0.15) is 19.4 Å². The summed E-state index contributed by atoms with van der Waals surface area (Å²) in [7, 11) is 0. The number of aromatic nitrogens is 2. The fourth-order valence-corrected chi connectivity index (χ4v) is 4.03. The van der Waals surface area contributed by atoms with Gasteiger partial charge < -0.3 is 10.1 Å². The first-order valence-electron chi connectivity index (χ1n) is 9.14. The average Bonchev–Trinajstić information content (AvgIpc) is 3.05. The molecule has 0 spiro atoms. The molecule has 2 aromatic heterocycles. The van der Waals surface area contributed by atoms with Gasteiger partial charge in [-0.2, -0.15) is 0 Å².